The summed E-state index contributed by atoms with van der Waals surface area (Å²) in [6.45, 7) is 3.14. The number of halogens is 4. The second-order valence-electron chi connectivity index (χ2n) is 5.28. The third-order valence-corrected chi connectivity index (χ3v) is 3.35. The Bertz CT molecular complexity index is 629. The number of nitrogens with two attached hydrogens (primary N) is 2. The lowest BCUT2D eigenvalue weighted by atomic mass is 10.3. The molecule has 1 saturated heterocycles. The lowest BCUT2D eigenvalue weighted by molar-refractivity contribution is -0.274. The number of hydrogen-bond acceptors (Lipinski definition) is 3. The first kappa shape index (κ1) is 20.8. The molecule has 0 spiro atoms. The van der Waals surface area contributed by atoms with Crippen LogP contribution in [0.2, 0.25) is 0 Å². The monoisotopic (exact) mass is 380 g/mol. The minimum atomic E-state index is -4.77. The molecule has 1 aliphatic heterocycles. The molecule has 0 saturated carbocycles. The Kier molecular flexibility index (Phi) is 7.31. The van der Waals surface area contributed by atoms with E-state index in [1.807, 2.05) is 11.9 Å². The van der Waals surface area contributed by atoms with E-state index in [1.165, 1.54) is 18.2 Å². The van der Waals surface area contributed by atoms with E-state index in [1.54, 1.807) is 0 Å². The minimum absolute atomic E-state index is 0. The molecule has 4 N–H and O–H groups in total. The van der Waals surface area contributed by atoms with Crippen LogP contribution in [0.4, 0.5) is 18.9 Å². The Morgan fingerprint density at radius 3 is 2.40 bits per heavy atom. The van der Waals surface area contributed by atoms with Gasteiger partial charge in [0.1, 0.15) is 5.75 Å². The lowest BCUT2D eigenvalue weighted by Crippen LogP contribution is -2.50. The summed E-state index contributed by atoms with van der Waals surface area (Å²) in [5.41, 5.74) is 11.8. The van der Waals surface area contributed by atoms with E-state index in [9.17, 15) is 13.2 Å². The first-order valence-corrected chi connectivity index (χ1v) is 7.20. The first-order valence-electron chi connectivity index (χ1n) is 7.20. The highest BCUT2D eigenvalue weighted by atomic mass is 35.5. The predicted molar refractivity (Wildman–Crippen MR) is 92.3 cm³/mol. The van der Waals surface area contributed by atoms with Crippen LogP contribution in [-0.2, 0) is 0 Å². The molecule has 0 bridgehead atoms. The summed E-state index contributed by atoms with van der Waals surface area (Å²) < 4.78 is 40.5. The zero-order valence-corrected chi connectivity index (χ0v) is 14.3. The fourth-order valence-electron chi connectivity index (χ4n) is 2.13. The molecule has 11 heteroatoms. The molecule has 1 aromatic rings. The Morgan fingerprint density at radius 1 is 1.16 bits per heavy atom. The highest BCUT2D eigenvalue weighted by Crippen LogP contribution is 2.26. The molecular weight excluding hydrogens is 361 g/mol. The Labute approximate surface area is 149 Å². The number of likely N-dealkylation sites (N-methyl/N-ethyl adjacent to an activating group) is 1. The number of aliphatic imine (C=N–C) groups is 2. The van der Waals surface area contributed by atoms with Crippen LogP contribution in [0, 0.1) is 0 Å². The van der Waals surface area contributed by atoms with Gasteiger partial charge in [-0.05, 0) is 19.2 Å². The van der Waals surface area contributed by atoms with Crippen molar-refractivity contribution in [2.45, 2.75) is 6.36 Å². The van der Waals surface area contributed by atoms with Gasteiger partial charge in [0.25, 0.3) is 0 Å². The van der Waals surface area contributed by atoms with Gasteiger partial charge in [-0.15, -0.1) is 25.6 Å². The lowest BCUT2D eigenvalue weighted by Gasteiger charge is -2.32. The first-order chi connectivity index (χ1) is 11.2. The summed E-state index contributed by atoms with van der Waals surface area (Å²) in [4.78, 5) is 12.0. The quantitative estimate of drug-likeness (QED) is 0.599. The molecule has 1 heterocycles. The Balaban J connectivity index is 0.00000312. The SMILES string of the molecule is CN1CCN(C(N)=NC(N)=Nc2cccc(OC(F)(F)F)c2)CC1.Cl. The summed E-state index contributed by atoms with van der Waals surface area (Å²) in [7, 11) is 2.01. The number of ether oxygens (including phenoxy) is 1. The van der Waals surface area contributed by atoms with Gasteiger partial charge < -0.3 is 26.0 Å². The number of alkyl halides is 3. The van der Waals surface area contributed by atoms with Gasteiger partial charge in [-0.2, -0.15) is 4.99 Å². The molecule has 1 aromatic carbocycles. The smallest absolute Gasteiger partial charge is 0.406 e. The highest BCUT2D eigenvalue weighted by Gasteiger charge is 2.31. The van der Waals surface area contributed by atoms with Crippen LogP contribution in [0.25, 0.3) is 0 Å². The number of hydrogen-bond donors (Lipinski definition) is 2. The van der Waals surface area contributed by atoms with Crippen LogP contribution in [0.5, 0.6) is 5.75 Å². The molecule has 2 rings (SSSR count). The van der Waals surface area contributed by atoms with E-state index in [4.69, 9.17) is 11.5 Å². The molecule has 25 heavy (non-hydrogen) atoms. The molecular formula is C14H20ClF3N6O. The van der Waals surface area contributed by atoms with E-state index in [0.717, 1.165) is 19.2 Å². The number of benzene rings is 1. The maximum atomic E-state index is 12.2. The molecule has 0 unspecified atom stereocenters. The van der Waals surface area contributed by atoms with E-state index in [-0.39, 0.29) is 35.8 Å². The molecule has 7 nitrogen and oxygen atoms in total. The fraction of sp³-hybridized carbons (Fsp3) is 0.429. The number of piperazine rings is 1. The van der Waals surface area contributed by atoms with Crippen LogP contribution < -0.4 is 16.2 Å². The zero-order valence-electron chi connectivity index (χ0n) is 13.5. The van der Waals surface area contributed by atoms with Crippen molar-refractivity contribution in [2.75, 3.05) is 33.2 Å². The average Bonchev–Trinajstić information content (AvgIpc) is 2.46. The summed E-state index contributed by atoms with van der Waals surface area (Å²) in [5.74, 6) is -0.296. The third kappa shape index (κ3) is 7.06. The zero-order chi connectivity index (χ0) is 17.7. The van der Waals surface area contributed by atoms with Crippen molar-refractivity contribution in [3.63, 3.8) is 0 Å². The van der Waals surface area contributed by atoms with Crippen LogP contribution in [0.3, 0.4) is 0 Å². The molecule has 0 aliphatic carbocycles. The molecule has 140 valence electrons. The molecule has 0 atom stereocenters. The van der Waals surface area contributed by atoms with E-state index < -0.39 is 6.36 Å². The summed E-state index contributed by atoms with van der Waals surface area (Å²) in [6, 6.07) is 5.14. The number of rotatable bonds is 2. The van der Waals surface area contributed by atoms with Gasteiger partial charge in [0.05, 0.1) is 5.69 Å². The van der Waals surface area contributed by atoms with Crippen molar-refractivity contribution >= 4 is 30.0 Å². The van der Waals surface area contributed by atoms with Gasteiger partial charge >= 0.3 is 6.36 Å². The van der Waals surface area contributed by atoms with Crippen molar-refractivity contribution < 1.29 is 17.9 Å². The molecule has 0 radical (unpaired) electrons. The average molecular weight is 381 g/mol. The third-order valence-electron chi connectivity index (χ3n) is 3.35. The molecule has 1 aliphatic rings. The number of nitrogens with zero attached hydrogens (tertiary/aromatic N) is 4. The normalized spacial score (nSPS) is 17.2. The summed E-state index contributed by atoms with van der Waals surface area (Å²) in [5, 5.41) is 0. The fourth-order valence-corrected chi connectivity index (χ4v) is 2.13. The number of guanidine groups is 2. The van der Waals surface area contributed by atoms with Crippen molar-refractivity contribution in [1.29, 1.82) is 0 Å². The second kappa shape index (κ2) is 8.77. The minimum Gasteiger partial charge on any atom is -0.406 e. The molecule has 0 aromatic heterocycles. The van der Waals surface area contributed by atoms with Gasteiger partial charge in [-0.1, -0.05) is 6.07 Å². The van der Waals surface area contributed by atoms with E-state index in [0.29, 0.717) is 13.1 Å². The Morgan fingerprint density at radius 2 is 1.80 bits per heavy atom. The maximum Gasteiger partial charge on any atom is 0.573 e. The van der Waals surface area contributed by atoms with E-state index >= 15 is 0 Å². The van der Waals surface area contributed by atoms with Crippen molar-refractivity contribution in [2.24, 2.45) is 21.5 Å². The second-order valence-corrected chi connectivity index (χ2v) is 5.28. The predicted octanol–water partition coefficient (Wildman–Crippen LogP) is 1.52. The maximum absolute atomic E-state index is 12.2. The standard InChI is InChI=1S/C14H19F3N6O.ClH/c1-22-5-7-23(8-6-22)13(19)21-12(18)20-10-3-2-4-11(9-10)24-14(15,16)17;/h2-4,9H,5-8H2,1H3,(H4,18,19,20,21);1H. The van der Waals surface area contributed by atoms with Gasteiger partial charge in [0.15, 0.2) is 5.96 Å². The molecule has 0 amide bonds. The Hall–Kier alpha value is -2.20. The van der Waals surface area contributed by atoms with Gasteiger partial charge in [0.2, 0.25) is 5.96 Å². The summed E-state index contributed by atoms with van der Waals surface area (Å²) >= 11 is 0. The van der Waals surface area contributed by atoms with Crippen LogP contribution in [0.15, 0.2) is 34.3 Å². The summed E-state index contributed by atoms with van der Waals surface area (Å²) in [6.07, 6.45) is -4.77. The topological polar surface area (TPSA) is 92.5 Å². The highest BCUT2D eigenvalue weighted by molar-refractivity contribution is 5.94. The van der Waals surface area contributed by atoms with Crippen molar-refractivity contribution in [3.05, 3.63) is 24.3 Å². The molecule has 1 fully saturated rings. The van der Waals surface area contributed by atoms with Crippen molar-refractivity contribution in [3.8, 4) is 5.75 Å². The van der Waals surface area contributed by atoms with Crippen LogP contribution in [-0.4, -0.2) is 61.3 Å². The van der Waals surface area contributed by atoms with Crippen molar-refractivity contribution in [1.82, 2.24) is 9.80 Å². The van der Waals surface area contributed by atoms with Gasteiger partial charge in [-0.3, -0.25) is 0 Å². The largest absolute Gasteiger partial charge is 0.573 e. The van der Waals surface area contributed by atoms with E-state index in [2.05, 4.69) is 19.6 Å². The van der Waals surface area contributed by atoms with Crippen LogP contribution in [0.1, 0.15) is 0 Å². The van der Waals surface area contributed by atoms with Crippen LogP contribution >= 0.6 is 12.4 Å². The van der Waals surface area contributed by atoms with Gasteiger partial charge in [-0.25, -0.2) is 4.99 Å². The van der Waals surface area contributed by atoms with Gasteiger partial charge in [0, 0.05) is 32.2 Å².